The van der Waals surface area contributed by atoms with E-state index in [1.807, 2.05) is 0 Å². The number of rotatable bonds is 4. The van der Waals surface area contributed by atoms with Crippen molar-refractivity contribution in [3.63, 3.8) is 0 Å². The molecule has 0 aliphatic rings. The molecule has 3 nitrogen and oxygen atoms in total. The molecule has 0 spiro atoms. The maximum atomic E-state index is 11.6. The quantitative estimate of drug-likeness (QED) is 0.866. The van der Waals surface area contributed by atoms with Gasteiger partial charge < -0.3 is 10.0 Å². The molecule has 0 heterocycles. The van der Waals surface area contributed by atoms with E-state index >= 15 is 0 Å². The van der Waals surface area contributed by atoms with Crippen LogP contribution in [0.5, 0.6) is 0 Å². The second-order valence-electron chi connectivity index (χ2n) is 4.60. The van der Waals surface area contributed by atoms with Gasteiger partial charge in [0.05, 0.1) is 6.61 Å². The number of aryl methyl sites for hydroxylation is 3. The number of benzene rings is 1. The summed E-state index contributed by atoms with van der Waals surface area (Å²) in [4.78, 5) is 13.3. The Kier molecular flexibility index (Phi) is 4.70. The molecular formula is C14H21NO2. The molecule has 1 rings (SSSR count). The van der Waals surface area contributed by atoms with Gasteiger partial charge in [-0.3, -0.25) is 4.79 Å². The molecule has 94 valence electrons. The molecule has 3 heteroatoms. The fraction of sp³-hybridized carbons (Fsp3) is 0.500. The van der Waals surface area contributed by atoms with Gasteiger partial charge in [-0.2, -0.15) is 0 Å². The maximum Gasteiger partial charge on any atom is 0.224 e. The van der Waals surface area contributed by atoms with E-state index in [9.17, 15) is 4.79 Å². The first-order valence-electron chi connectivity index (χ1n) is 5.87. The Morgan fingerprint density at radius 3 is 2.24 bits per heavy atom. The summed E-state index contributed by atoms with van der Waals surface area (Å²) in [5.41, 5.74) is 4.87. The molecular weight excluding hydrogens is 214 g/mol. The fourth-order valence-corrected chi connectivity index (χ4v) is 2.07. The molecule has 1 N–H and O–H groups in total. The zero-order chi connectivity index (χ0) is 13.0. The van der Waals surface area contributed by atoms with E-state index in [1.54, 1.807) is 11.9 Å². The predicted molar refractivity (Wildman–Crippen MR) is 68.8 cm³/mol. The zero-order valence-electron chi connectivity index (χ0n) is 11.1. The molecule has 0 radical (unpaired) electrons. The maximum absolute atomic E-state index is 11.6. The first-order chi connectivity index (χ1) is 7.95. The highest BCUT2D eigenvalue weighted by molar-refractivity contribution is 5.76. The van der Waals surface area contributed by atoms with Crippen LogP contribution in [-0.2, 0) is 11.3 Å². The average molecular weight is 235 g/mol. The summed E-state index contributed by atoms with van der Waals surface area (Å²) in [6.07, 6.45) is 0.195. The summed E-state index contributed by atoms with van der Waals surface area (Å²) in [6.45, 7) is 6.73. The summed E-state index contributed by atoms with van der Waals surface area (Å²) in [6, 6.07) is 4.26. The van der Waals surface area contributed by atoms with Crippen molar-refractivity contribution in [2.24, 2.45) is 0 Å². The number of carbonyl (C=O) groups is 1. The minimum Gasteiger partial charge on any atom is -0.396 e. The Morgan fingerprint density at radius 1 is 1.24 bits per heavy atom. The predicted octanol–water partition coefficient (Wildman–Crippen LogP) is 1.95. The van der Waals surface area contributed by atoms with E-state index in [0.717, 1.165) is 0 Å². The van der Waals surface area contributed by atoms with Gasteiger partial charge in [0.2, 0.25) is 5.91 Å². The number of carbonyl (C=O) groups excluding carboxylic acids is 1. The minimum atomic E-state index is -0.0883. The monoisotopic (exact) mass is 235 g/mol. The Balaban J connectivity index is 2.85. The fourth-order valence-electron chi connectivity index (χ4n) is 2.07. The lowest BCUT2D eigenvalue weighted by Gasteiger charge is -2.20. The molecule has 1 amide bonds. The molecule has 0 saturated carbocycles. The SMILES string of the molecule is Cc1cc(C)c(CN(C)C(=O)CCO)c(C)c1. The van der Waals surface area contributed by atoms with Gasteiger partial charge in [0.15, 0.2) is 0 Å². The molecule has 0 bridgehead atoms. The highest BCUT2D eigenvalue weighted by Gasteiger charge is 2.11. The average Bonchev–Trinajstić information content (AvgIpc) is 2.23. The Morgan fingerprint density at radius 2 is 1.76 bits per heavy atom. The van der Waals surface area contributed by atoms with Gasteiger partial charge in [-0.1, -0.05) is 17.7 Å². The van der Waals surface area contributed by atoms with Crippen molar-refractivity contribution in [1.82, 2.24) is 4.90 Å². The van der Waals surface area contributed by atoms with Gasteiger partial charge in [-0.25, -0.2) is 0 Å². The van der Waals surface area contributed by atoms with Crippen molar-refractivity contribution in [2.45, 2.75) is 33.7 Å². The second kappa shape index (κ2) is 5.82. The summed E-state index contributed by atoms with van der Waals surface area (Å²) >= 11 is 0. The number of amides is 1. The lowest BCUT2D eigenvalue weighted by molar-refractivity contribution is -0.131. The van der Waals surface area contributed by atoms with Crippen LogP contribution in [0, 0.1) is 20.8 Å². The number of nitrogens with zero attached hydrogens (tertiary/aromatic N) is 1. The van der Waals surface area contributed by atoms with Gasteiger partial charge in [0.25, 0.3) is 0 Å². The number of aliphatic hydroxyl groups is 1. The summed E-state index contributed by atoms with van der Waals surface area (Å²) in [5.74, 6) is -0.0214. The first-order valence-corrected chi connectivity index (χ1v) is 5.87. The van der Waals surface area contributed by atoms with E-state index in [-0.39, 0.29) is 18.9 Å². The van der Waals surface area contributed by atoms with Crippen molar-refractivity contribution in [1.29, 1.82) is 0 Å². The van der Waals surface area contributed by atoms with E-state index in [4.69, 9.17) is 5.11 Å². The Labute approximate surface area is 103 Å². The zero-order valence-corrected chi connectivity index (χ0v) is 11.1. The Hall–Kier alpha value is -1.35. The number of hydrogen-bond acceptors (Lipinski definition) is 2. The van der Waals surface area contributed by atoms with Gasteiger partial charge in [0, 0.05) is 20.0 Å². The van der Waals surface area contributed by atoms with Crippen molar-refractivity contribution < 1.29 is 9.90 Å². The minimum absolute atomic E-state index is 0.0214. The summed E-state index contributed by atoms with van der Waals surface area (Å²) < 4.78 is 0. The van der Waals surface area contributed by atoms with Gasteiger partial charge in [-0.15, -0.1) is 0 Å². The molecule has 0 aliphatic heterocycles. The third-order valence-corrected chi connectivity index (χ3v) is 2.99. The molecule has 0 aromatic heterocycles. The third-order valence-electron chi connectivity index (χ3n) is 2.99. The van der Waals surface area contributed by atoms with Gasteiger partial charge >= 0.3 is 0 Å². The molecule has 1 aromatic carbocycles. The summed E-state index contributed by atoms with van der Waals surface area (Å²) in [7, 11) is 1.77. The summed E-state index contributed by atoms with van der Waals surface area (Å²) in [5, 5.41) is 8.75. The molecule has 0 unspecified atom stereocenters. The van der Waals surface area contributed by atoms with E-state index in [0.29, 0.717) is 6.54 Å². The van der Waals surface area contributed by atoms with E-state index < -0.39 is 0 Å². The van der Waals surface area contributed by atoms with Crippen LogP contribution in [0.4, 0.5) is 0 Å². The molecule has 0 aliphatic carbocycles. The van der Waals surface area contributed by atoms with Crippen molar-refractivity contribution >= 4 is 5.91 Å². The highest BCUT2D eigenvalue weighted by atomic mass is 16.3. The Bertz CT molecular complexity index is 390. The van der Waals surface area contributed by atoms with Crippen LogP contribution in [0.3, 0.4) is 0 Å². The van der Waals surface area contributed by atoms with Crippen molar-refractivity contribution in [3.05, 3.63) is 34.4 Å². The molecule has 0 atom stereocenters. The van der Waals surface area contributed by atoms with Crippen LogP contribution in [0.1, 0.15) is 28.7 Å². The number of hydrogen-bond donors (Lipinski definition) is 1. The van der Waals surface area contributed by atoms with Crippen LogP contribution in [0.15, 0.2) is 12.1 Å². The lowest BCUT2D eigenvalue weighted by atomic mass is 9.99. The van der Waals surface area contributed by atoms with Crippen LogP contribution < -0.4 is 0 Å². The number of aliphatic hydroxyl groups excluding tert-OH is 1. The normalized spacial score (nSPS) is 10.4. The standard InChI is InChI=1S/C14H21NO2/c1-10-7-11(2)13(12(3)8-10)9-15(4)14(17)5-6-16/h7-8,16H,5-6,9H2,1-4H3. The van der Waals surface area contributed by atoms with Gasteiger partial charge in [-0.05, 0) is 37.5 Å². The molecule has 17 heavy (non-hydrogen) atoms. The van der Waals surface area contributed by atoms with E-state index in [2.05, 4.69) is 32.9 Å². The van der Waals surface area contributed by atoms with Crippen LogP contribution in [0.2, 0.25) is 0 Å². The smallest absolute Gasteiger partial charge is 0.224 e. The van der Waals surface area contributed by atoms with Gasteiger partial charge in [0.1, 0.15) is 0 Å². The third kappa shape index (κ3) is 3.56. The first kappa shape index (κ1) is 13.7. The van der Waals surface area contributed by atoms with Crippen molar-refractivity contribution in [3.8, 4) is 0 Å². The lowest BCUT2D eigenvalue weighted by Crippen LogP contribution is -2.27. The largest absolute Gasteiger partial charge is 0.396 e. The molecule has 0 saturated heterocycles. The van der Waals surface area contributed by atoms with Crippen LogP contribution in [0.25, 0.3) is 0 Å². The van der Waals surface area contributed by atoms with E-state index in [1.165, 1.54) is 22.3 Å². The second-order valence-corrected chi connectivity index (χ2v) is 4.60. The molecule has 0 fully saturated rings. The highest BCUT2D eigenvalue weighted by Crippen LogP contribution is 2.18. The molecule has 1 aromatic rings. The van der Waals surface area contributed by atoms with Crippen LogP contribution >= 0.6 is 0 Å². The van der Waals surface area contributed by atoms with Crippen LogP contribution in [-0.4, -0.2) is 29.6 Å². The van der Waals surface area contributed by atoms with Crippen molar-refractivity contribution in [2.75, 3.05) is 13.7 Å². The topological polar surface area (TPSA) is 40.5 Å².